The third-order valence-electron chi connectivity index (χ3n) is 4.32. The maximum Gasteiger partial charge on any atom is 0.265 e. The number of hydrogen-bond donors (Lipinski definition) is 0. The molecule has 0 saturated carbocycles. The number of thiocarbonyl (C=S) groups is 1. The standard InChI is InChI=1S/C22H23NO3S2/c1-15-5-6-16(2)19(13-15)26-12-4-11-25-18-9-7-17(8-10-18)14-20-21(24)23(3)22(27)28-20/h5-10,13-14H,4,11-12H2,1-3H3/b20-14-. The number of benzene rings is 2. The predicted molar refractivity (Wildman–Crippen MR) is 119 cm³/mol. The second kappa shape index (κ2) is 9.26. The molecule has 1 aliphatic rings. The van der Waals surface area contributed by atoms with Crippen LogP contribution in [0.2, 0.25) is 0 Å². The lowest BCUT2D eigenvalue weighted by molar-refractivity contribution is -0.121. The molecule has 28 heavy (non-hydrogen) atoms. The SMILES string of the molecule is Cc1ccc(C)c(OCCCOc2ccc(/C=C3\SC(=S)N(C)C3=O)cc2)c1. The van der Waals surface area contributed by atoms with Crippen molar-refractivity contribution in [3.05, 3.63) is 64.1 Å². The van der Waals surface area contributed by atoms with Gasteiger partial charge in [-0.05, 0) is 54.8 Å². The van der Waals surface area contributed by atoms with E-state index in [0.717, 1.165) is 29.0 Å². The fourth-order valence-corrected chi connectivity index (χ4v) is 3.83. The molecule has 0 unspecified atom stereocenters. The van der Waals surface area contributed by atoms with E-state index in [9.17, 15) is 4.79 Å². The zero-order valence-electron chi connectivity index (χ0n) is 16.2. The van der Waals surface area contributed by atoms with Crippen LogP contribution in [-0.4, -0.2) is 35.4 Å². The van der Waals surface area contributed by atoms with E-state index in [-0.39, 0.29) is 5.91 Å². The Morgan fingerprint density at radius 2 is 1.79 bits per heavy atom. The molecule has 0 N–H and O–H groups in total. The Labute approximate surface area is 175 Å². The minimum absolute atomic E-state index is 0.0563. The molecular formula is C22H23NO3S2. The Morgan fingerprint density at radius 1 is 1.07 bits per heavy atom. The van der Waals surface area contributed by atoms with E-state index in [4.69, 9.17) is 21.7 Å². The average Bonchev–Trinajstić information content (AvgIpc) is 2.92. The third kappa shape index (κ3) is 5.14. The van der Waals surface area contributed by atoms with Crippen molar-refractivity contribution in [2.75, 3.05) is 20.3 Å². The van der Waals surface area contributed by atoms with Gasteiger partial charge in [0, 0.05) is 13.5 Å². The van der Waals surface area contributed by atoms with E-state index >= 15 is 0 Å². The van der Waals surface area contributed by atoms with E-state index < -0.39 is 0 Å². The van der Waals surface area contributed by atoms with Gasteiger partial charge in [-0.15, -0.1) is 0 Å². The third-order valence-corrected chi connectivity index (χ3v) is 5.81. The van der Waals surface area contributed by atoms with Crippen molar-refractivity contribution in [2.45, 2.75) is 20.3 Å². The molecule has 4 nitrogen and oxygen atoms in total. The van der Waals surface area contributed by atoms with E-state index in [0.29, 0.717) is 22.4 Å². The number of carbonyl (C=O) groups is 1. The van der Waals surface area contributed by atoms with Gasteiger partial charge in [0.05, 0.1) is 18.1 Å². The van der Waals surface area contributed by atoms with Gasteiger partial charge in [-0.2, -0.15) is 0 Å². The Morgan fingerprint density at radius 3 is 2.46 bits per heavy atom. The van der Waals surface area contributed by atoms with Crippen LogP contribution >= 0.6 is 24.0 Å². The summed E-state index contributed by atoms with van der Waals surface area (Å²) in [5.74, 6) is 1.67. The van der Waals surface area contributed by atoms with Crippen molar-refractivity contribution in [1.82, 2.24) is 4.90 Å². The summed E-state index contributed by atoms with van der Waals surface area (Å²) < 4.78 is 12.2. The lowest BCUT2D eigenvalue weighted by atomic mass is 10.1. The molecule has 0 atom stereocenters. The first kappa shape index (κ1) is 20.4. The van der Waals surface area contributed by atoms with Crippen LogP contribution in [-0.2, 0) is 4.79 Å². The van der Waals surface area contributed by atoms with Gasteiger partial charge >= 0.3 is 0 Å². The Hall–Kier alpha value is -2.31. The van der Waals surface area contributed by atoms with Gasteiger partial charge in [0.2, 0.25) is 0 Å². The fourth-order valence-electron chi connectivity index (χ4n) is 2.65. The van der Waals surface area contributed by atoms with Crippen molar-refractivity contribution in [3.8, 4) is 11.5 Å². The van der Waals surface area contributed by atoms with E-state index in [2.05, 4.69) is 25.1 Å². The van der Waals surface area contributed by atoms with Gasteiger partial charge in [0.15, 0.2) is 0 Å². The van der Waals surface area contributed by atoms with E-state index in [1.54, 1.807) is 7.05 Å². The number of rotatable bonds is 7. The molecule has 0 bridgehead atoms. The zero-order valence-corrected chi connectivity index (χ0v) is 17.9. The summed E-state index contributed by atoms with van der Waals surface area (Å²) in [4.78, 5) is 14.2. The number of hydrogen-bond acceptors (Lipinski definition) is 5. The van der Waals surface area contributed by atoms with Crippen LogP contribution < -0.4 is 9.47 Å². The normalized spacial score (nSPS) is 15.4. The van der Waals surface area contributed by atoms with Crippen LogP contribution in [0.3, 0.4) is 0 Å². The van der Waals surface area contributed by atoms with Crippen LogP contribution in [0.5, 0.6) is 11.5 Å². The van der Waals surface area contributed by atoms with Crippen molar-refractivity contribution < 1.29 is 14.3 Å². The molecule has 0 aromatic heterocycles. The molecule has 0 aliphatic carbocycles. The molecule has 1 fully saturated rings. The highest BCUT2D eigenvalue weighted by molar-refractivity contribution is 8.26. The molecule has 6 heteroatoms. The molecule has 1 aliphatic heterocycles. The summed E-state index contributed by atoms with van der Waals surface area (Å²) >= 11 is 6.47. The summed E-state index contributed by atoms with van der Waals surface area (Å²) in [5, 5.41) is 0. The molecule has 0 spiro atoms. The number of ether oxygens (including phenoxy) is 2. The number of likely N-dealkylation sites (N-methyl/N-ethyl adjacent to an activating group) is 1. The summed E-state index contributed by atoms with van der Waals surface area (Å²) in [6.07, 6.45) is 2.65. The second-order valence-electron chi connectivity index (χ2n) is 6.63. The lowest BCUT2D eigenvalue weighted by Crippen LogP contribution is -2.22. The first-order valence-electron chi connectivity index (χ1n) is 9.08. The number of nitrogens with zero attached hydrogens (tertiary/aromatic N) is 1. The summed E-state index contributed by atoms with van der Waals surface area (Å²) in [7, 11) is 1.69. The van der Waals surface area contributed by atoms with Gasteiger partial charge in [-0.1, -0.05) is 48.2 Å². The molecule has 1 amide bonds. The summed E-state index contributed by atoms with van der Waals surface area (Å²) in [6.45, 7) is 5.30. The van der Waals surface area contributed by atoms with Gasteiger partial charge in [-0.3, -0.25) is 9.69 Å². The van der Waals surface area contributed by atoms with Gasteiger partial charge in [-0.25, -0.2) is 0 Å². The molecule has 1 saturated heterocycles. The van der Waals surface area contributed by atoms with Crippen molar-refractivity contribution in [3.63, 3.8) is 0 Å². The van der Waals surface area contributed by atoms with Crippen molar-refractivity contribution in [2.24, 2.45) is 0 Å². The van der Waals surface area contributed by atoms with Gasteiger partial charge in [0.1, 0.15) is 15.8 Å². The van der Waals surface area contributed by atoms with Crippen molar-refractivity contribution >= 4 is 40.3 Å². The van der Waals surface area contributed by atoms with E-state index in [1.807, 2.05) is 37.3 Å². The largest absolute Gasteiger partial charge is 0.493 e. The second-order valence-corrected chi connectivity index (χ2v) is 8.30. The lowest BCUT2D eigenvalue weighted by Gasteiger charge is -2.11. The highest BCUT2D eigenvalue weighted by atomic mass is 32.2. The quantitative estimate of drug-likeness (QED) is 0.364. The predicted octanol–water partition coefficient (Wildman–Crippen LogP) is 4.98. The highest BCUT2D eigenvalue weighted by Gasteiger charge is 2.28. The zero-order chi connectivity index (χ0) is 20.1. The fraction of sp³-hybridized carbons (Fsp3) is 0.273. The topological polar surface area (TPSA) is 38.8 Å². The number of aryl methyl sites for hydroxylation is 2. The molecule has 2 aromatic carbocycles. The molecule has 2 aromatic rings. The maximum atomic E-state index is 12.0. The molecule has 146 valence electrons. The van der Waals surface area contributed by atoms with Crippen molar-refractivity contribution in [1.29, 1.82) is 0 Å². The van der Waals surface area contributed by atoms with Crippen LogP contribution in [0.4, 0.5) is 0 Å². The minimum Gasteiger partial charge on any atom is -0.493 e. The Bertz CT molecular complexity index is 906. The van der Waals surface area contributed by atoms with Crippen LogP contribution in [0.15, 0.2) is 47.4 Å². The maximum absolute atomic E-state index is 12.0. The van der Waals surface area contributed by atoms with E-state index in [1.165, 1.54) is 22.2 Å². The minimum atomic E-state index is -0.0563. The Balaban J connectivity index is 1.45. The molecule has 1 heterocycles. The number of carbonyl (C=O) groups excluding carboxylic acids is 1. The number of amides is 1. The van der Waals surface area contributed by atoms with Crippen LogP contribution in [0.25, 0.3) is 6.08 Å². The van der Waals surface area contributed by atoms with Crippen LogP contribution in [0.1, 0.15) is 23.1 Å². The Kier molecular flexibility index (Phi) is 6.75. The van der Waals surface area contributed by atoms with Gasteiger partial charge in [0.25, 0.3) is 5.91 Å². The smallest absolute Gasteiger partial charge is 0.265 e. The van der Waals surface area contributed by atoms with Gasteiger partial charge < -0.3 is 9.47 Å². The average molecular weight is 414 g/mol. The molecular weight excluding hydrogens is 390 g/mol. The summed E-state index contributed by atoms with van der Waals surface area (Å²) in [5.41, 5.74) is 3.28. The molecule has 0 radical (unpaired) electrons. The number of thioether (sulfide) groups is 1. The first-order chi connectivity index (χ1) is 13.4. The monoisotopic (exact) mass is 413 g/mol. The summed E-state index contributed by atoms with van der Waals surface area (Å²) in [6, 6.07) is 13.9. The first-order valence-corrected chi connectivity index (χ1v) is 10.3. The van der Waals surface area contributed by atoms with Crippen LogP contribution in [0, 0.1) is 13.8 Å². The molecule has 3 rings (SSSR count). The highest BCUT2D eigenvalue weighted by Crippen LogP contribution is 2.31.